The van der Waals surface area contributed by atoms with E-state index in [0.29, 0.717) is 25.4 Å². The molecule has 2 rings (SSSR count). The van der Waals surface area contributed by atoms with Crippen LogP contribution >= 0.6 is 15.9 Å². The van der Waals surface area contributed by atoms with Crippen molar-refractivity contribution in [2.24, 2.45) is 0 Å². The van der Waals surface area contributed by atoms with E-state index in [-0.39, 0.29) is 10.9 Å². The van der Waals surface area contributed by atoms with Crippen LogP contribution in [0, 0.1) is 11.6 Å². The van der Waals surface area contributed by atoms with Gasteiger partial charge in [0.25, 0.3) is 0 Å². The quantitative estimate of drug-likeness (QED) is 0.781. The molecule has 88 valence electrons. The first kappa shape index (κ1) is 12.0. The Kier molecular flexibility index (Phi) is 3.89. The molecule has 0 N–H and O–H groups in total. The number of alkyl halides is 1. The van der Waals surface area contributed by atoms with E-state index >= 15 is 0 Å². The van der Waals surface area contributed by atoms with Gasteiger partial charge in [-0.05, 0) is 6.07 Å². The van der Waals surface area contributed by atoms with Gasteiger partial charge in [-0.15, -0.1) is 0 Å². The van der Waals surface area contributed by atoms with Gasteiger partial charge in [-0.1, -0.05) is 22.0 Å². The molecule has 0 saturated carbocycles. The Morgan fingerprint density at radius 1 is 1.31 bits per heavy atom. The third kappa shape index (κ3) is 2.59. The molecule has 2 unspecified atom stereocenters. The zero-order chi connectivity index (χ0) is 11.5. The lowest BCUT2D eigenvalue weighted by atomic mass is 10.1. The predicted molar refractivity (Wildman–Crippen MR) is 58.6 cm³/mol. The maximum Gasteiger partial charge on any atom is 0.130 e. The smallest absolute Gasteiger partial charge is 0.130 e. The molecule has 2 nitrogen and oxygen atoms in total. The van der Waals surface area contributed by atoms with Gasteiger partial charge in [-0.2, -0.15) is 0 Å². The van der Waals surface area contributed by atoms with Crippen LogP contribution in [0.25, 0.3) is 0 Å². The van der Waals surface area contributed by atoms with E-state index in [9.17, 15) is 8.78 Å². The summed E-state index contributed by atoms with van der Waals surface area (Å²) in [7, 11) is 0. The zero-order valence-corrected chi connectivity index (χ0v) is 10.0. The molecule has 1 fully saturated rings. The highest BCUT2D eigenvalue weighted by Gasteiger charge is 2.26. The Morgan fingerprint density at radius 2 is 2.12 bits per heavy atom. The minimum atomic E-state index is -0.582. The van der Waals surface area contributed by atoms with E-state index in [0.717, 1.165) is 6.07 Å². The minimum absolute atomic E-state index is 0.242. The molecule has 1 aromatic carbocycles. The minimum Gasteiger partial charge on any atom is -0.376 e. The normalized spacial score (nSPS) is 23.1. The average Bonchev–Trinajstić information content (AvgIpc) is 2.29. The fraction of sp³-hybridized carbons (Fsp3) is 0.455. The van der Waals surface area contributed by atoms with Crippen molar-refractivity contribution in [3.8, 4) is 0 Å². The molecule has 16 heavy (non-hydrogen) atoms. The highest BCUT2D eigenvalue weighted by molar-refractivity contribution is 9.09. The number of hydrogen-bond donors (Lipinski definition) is 0. The van der Waals surface area contributed by atoms with Crippen molar-refractivity contribution in [3.05, 3.63) is 35.4 Å². The summed E-state index contributed by atoms with van der Waals surface area (Å²) in [5.41, 5.74) is 0.386. The van der Waals surface area contributed by atoms with E-state index < -0.39 is 11.6 Å². The summed E-state index contributed by atoms with van der Waals surface area (Å²) in [6, 6.07) is 3.52. The Bertz CT molecular complexity index is 367. The largest absolute Gasteiger partial charge is 0.376 e. The molecule has 2 atom stereocenters. The molecular weight excluding hydrogens is 282 g/mol. The predicted octanol–water partition coefficient (Wildman–Crippen LogP) is 2.82. The molecular formula is C11H11BrF2O2. The van der Waals surface area contributed by atoms with Gasteiger partial charge >= 0.3 is 0 Å². The molecule has 1 aliphatic rings. The molecule has 0 radical (unpaired) electrons. The number of halogens is 3. The summed E-state index contributed by atoms with van der Waals surface area (Å²) < 4.78 is 36.9. The van der Waals surface area contributed by atoms with Crippen LogP contribution in [0.4, 0.5) is 8.78 Å². The van der Waals surface area contributed by atoms with E-state index in [1.165, 1.54) is 12.1 Å². The number of benzene rings is 1. The first-order chi connectivity index (χ1) is 7.68. The van der Waals surface area contributed by atoms with E-state index in [1.807, 2.05) is 0 Å². The first-order valence-corrected chi connectivity index (χ1v) is 5.88. The van der Waals surface area contributed by atoms with Crippen LogP contribution < -0.4 is 0 Å². The van der Waals surface area contributed by atoms with Gasteiger partial charge in [0, 0.05) is 11.6 Å². The van der Waals surface area contributed by atoms with E-state index in [4.69, 9.17) is 9.47 Å². The maximum atomic E-state index is 13.5. The van der Waals surface area contributed by atoms with Crippen LogP contribution in [-0.4, -0.2) is 25.9 Å². The zero-order valence-electron chi connectivity index (χ0n) is 8.46. The second kappa shape index (κ2) is 5.21. The van der Waals surface area contributed by atoms with Crippen molar-refractivity contribution in [2.45, 2.75) is 10.9 Å². The van der Waals surface area contributed by atoms with Gasteiger partial charge in [-0.3, -0.25) is 0 Å². The van der Waals surface area contributed by atoms with E-state index in [2.05, 4.69) is 15.9 Å². The van der Waals surface area contributed by atoms with Crippen molar-refractivity contribution in [1.82, 2.24) is 0 Å². The Balaban J connectivity index is 2.15. The van der Waals surface area contributed by atoms with Crippen LogP contribution in [0.2, 0.25) is 0 Å². The number of hydrogen-bond acceptors (Lipinski definition) is 2. The van der Waals surface area contributed by atoms with Crippen LogP contribution in [-0.2, 0) is 9.47 Å². The molecule has 1 heterocycles. The SMILES string of the molecule is Fc1ccc(C(Br)C2COCCO2)c(F)c1. The highest BCUT2D eigenvalue weighted by atomic mass is 79.9. The van der Waals surface area contributed by atoms with Crippen molar-refractivity contribution < 1.29 is 18.3 Å². The Morgan fingerprint density at radius 3 is 2.75 bits per heavy atom. The van der Waals surface area contributed by atoms with Gasteiger partial charge in [0.05, 0.1) is 30.8 Å². The number of ether oxygens (including phenoxy) is 2. The number of rotatable bonds is 2. The van der Waals surface area contributed by atoms with Crippen LogP contribution in [0.5, 0.6) is 0 Å². The fourth-order valence-electron chi connectivity index (χ4n) is 1.60. The lowest BCUT2D eigenvalue weighted by Crippen LogP contribution is -2.32. The molecule has 1 aliphatic heterocycles. The molecule has 1 saturated heterocycles. The van der Waals surface area contributed by atoms with Gasteiger partial charge in [0.2, 0.25) is 0 Å². The summed E-state index contributed by atoms with van der Waals surface area (Å²) in [5, 5.41) is 0. The van der Waals surface area contributed by atoms with Crippen LogP contribution in [0.3, 0.4) is 0 Å². The highest BCUT2D eigenvalue weighted by Crippen LogP contribution is 2.31. The summed E-state index contributed by atoms with van der Waals surface area (Å²) in [6.07, 6.45) is -0.242. The molecule has 0 aliphatic carbocycles. The molecule has 0 spiro atoms. The topological polar surface area (TPSA) is 18.5 Å². The Hall–Kier alpha value is -0.520. The molecule has 0 bridgehead atoms. The maximum absolute atomic E-state index is 13.5. The molecule has 0 amide bonds. The van der Waals surface area contributed by atoms with Crippen molar-refractivity contribution in [3.63, 3.8) is 0 Å². The van der Waals surface area contributed by atoms with E-state index in [1.54, 1.807) is 0 Å². The summed E-state index contributed by atoms with van der Waals surface area (Å²) in [4.78, 5) is -0.326. The second-order valence-electron chi connectivity index (χ2n) is 3.55. The van der Waals surface area contributed by atoms with Crippen LogP contribution in [0.15, 0.2) is 18.2 Å². The van der Waals surface area contributed by atoms with Crippen LogP contribution in [0.1, 0.15) is 10.4 Å². The lowest BCUT2D eigenvalue weighted by molar-refractivity contribution is -0.0879. The standard InChI is InChI=1S/C11H11BrF2O2/c12-11(10-6-15-3-4-16-10)8-2-1-7(13)5-9(8)14/h1-2,5,10-11H,3-4,6H2. The van der Waals surface area contributed by atoms with Gasteiger partial charge in [0.1, 0.15) is 11.6 Å². The van der Waals surface area contributed by atoms with Crippen molar-refractivity contribution >= 4 is 15.9 Å². The van der Waals surface area contributed by atoms with Gasteiger partial charge < -0.3 is 9.47 Å². The third-order valence-electron chi connectivity index (χ3n) is 2.43. The lowest BCUT2D eigenvalue weighted by Gasteiger charge is -2.27. The molecule has 0 aromatic heterocycles. The summed E-state index contributed by atoms with van der Waals surface area (Å²) in [5.74, 6) is -1.15. The summed E-state index contributed by atoms with van der Waals surface area (Å²) in [6.45, 7) is 1.46. The third-order valence-corrected chi connectivity index (χ3v) is 3.51. The monoisotopic (exact) mass is 292 g/mol. The van der Waals surface area contributed by atoms with Crippen molar-refractivity contribution in [2.75, 3.05) is 19.8 Å². The fourth-order valence-corrected chi connectivity index (χ4v) is 2.28. The Labute approximate surface area is 101 Å². The molecule has 5 heteroatoms. The van der Waals surface area contributed by atoms with Crippen molar-refractivity contribution in [1.29, 1.82) is 0 Å². The van der Waals surface area contributed by atoms with Gasteiger partial charge in [-0.25, -0.2) is 8.78 Å². The second-order valence-corrected chi connectivity index (χ2v) is 4.54. The van der Waals surface area contributed by atoms with Gasteiger partial charge in [0.15, 0.2) is 0 Å². The summed E-state index contributed by atoms with van der Waals surface area (Å²) >= 11 is 3.36. The molecule has 1 aromatic rings. The average molecular weight is 293 g/mol. The first-order valence-electron chi connectivity index (χ1n) is 4.97.